The predicted octanol–water partition coefficient (Wildman–Crippen LogP) is 4.03. The molecule has 0 aliphatic carbocycles. The van der Waals surface area contributed by atoms with E-state index >= 15 is 0 Å². The monoisotopic (exact) mass is 235 g/mol. The zero-order valence-corrected chi connectivity index (χ0v) is 9.63. The number of halogens is 1. The molecule has 0 N–H and O–H groups in total. The van der Waals surface area contributed by atoms with Gasteiger partial charge in [0, 0.05) is 21.9 Å². The van der Waals surface area contributed by atoms with Crippen molar-refractivity contribution in [2.75, 3.05) is 0 Å². The van der Waals surface area contributed by atoms with E-state index in [9.17, 15) is 0 Å². The van der Waals surface area contributed by atoms with E-state index in [2.05, 4.69) is 4.98 Å². The molecule has 3 heteroatoms. The molecule has 1 heterocycles. The maximum atomic E-state index is 5.81. The summed E-state index contributed by atoms with van der Waals surface area (Å²) in [7, 11) is 0. The summed E-state index contributed by atoms with van der Waals surface area (Å²) < 4.78 is 0. The average Bonchev–Trinajstić information content (AvgIpc) is 2.30. The van der Waals surface area contributed by atoms with Gasteiger partial charge in [-0.05, 0) is 36.4 Å². The molecule has 0 atom stereocenters. The van der Waals surface area contributed by atoms with Gasteiger partial charge in [-0.15, -0.1) is 11.8 Å². The molecule has 15 heavy (non-hydrogen) atoms. The normalized spacial score (nSPS) is 10.2. The number of rotatable bonds is 3. The first-order chi connectivity index (χ1) is 7.34. The first kappa shape index (κ1) is 10.5. The minimum atomic E-state index is 0.775. The van der Waals surface area contributed by atoms with Gasteiger partial charge in [0.2, 0.25) is 0 Å². The highest BCUT2D eigenvalue weighted by Crippen LogP contribution is 2.23. The highest BCUT2D eigenvalue weighted by atomic mass is 35.5. The Bertz CT molecular complexity index is 413. The number of thioether (sulfide) groups is 1. The van der Waals surface area contributed by atoms with Gasteiger partial charge in [0.25, 0.3) is 0 Å². The van der Waals surface area contributed by atoms with E-state index in [1.165, 1.54) is 4.90 Å². The van der Waals surface area contributed by atoms with Crippen LogP contribution in [0.5, 0.6) is 0 Å². The molecule has 0 amide bonds. The Kier molecular flexibility index (Phi) is 3.64. The molecule has 1 nitrogen and oxygen atoms in total. The summed E-state index contributed by atoms with van der Waals surface area (Å²) in [6.07, 6.45) is 1.82. The fourth-order valence-corrected chi connectivity index (χ4v) is 2.11. The Morgan fingerprint density at radius 2 is 1.87 bits per heavy atom. The molecule has 0 spiro atoms. The zero-order chi connectivity index (χ0) is 10.5. The fraction of sp³-hybridized carbons (Fsp3) is 0.0833. The molecule has 0 unspecified atom stereocenters. The van der Waals surface area contributed by atoms with Crippen LogP contribution in [0.25, 0.3) is 0 Å². The molecule has 76 valence electrons. The van der Waals surface area contributed by atoms with Gasteiger partial charge in [0.15, 0.2) is 0 Å². The van der Waals surface area contributed by atoms with Gasteiger partial charge < -0.3 is 0 Å². The van der Waals surface area contributed by atoms with Crippen LogP contribution < -0.4 is 0 Å². The number of aromatic nitrogens is 1. The van der Waals surface area contributed by atoms with Crippen LogP contribution in [0.3, 0.4) is 0 Å². The van der Waals surface area contributed by atoms with Crippen molar-refractivity contribution in [3.05, 3.63) is 59.4 Å². The summed E-state index contributed by atoms with van der Waals surface area (Å²) in [5.74, 6) is 0.891. The summed E-state index contributed by atoms with van der Waals surface area (Å²) in [6.45, 7) is 0. The zero-order valence-electron chi connectivity index (χ0n) is 8.06. The third-order valence-corrected chi connectivity index (χ3v) is 3.22. The van der Waals surface area contributed by atoms with E-state index in [4.69, 9.17) is 11.6 Å². The van der Waals surface area contributed by atoms with Crippen molar-refractivity contribution in [3.8, 4) is 0 Å². The SMILES string of the molecule is Clc1ccc(SCc2ccccn2)cc1. The van der Waals surface area contributed by atoms with E-state index in [0.717, 1.165) is 16.5 Å². The van der Waals surface area contributed by atoms with E-state index < -0.39 is 0 Å². The number of nitrogens with zero attached hydrogens (tertiary/aromatic N) is 1. The quantitative estimate of drug-likeness (QED) is 0.745. The van der Waals surface area contributed by atoms with Gasteiger partial charge in [0.1, 0.15) is 0 Å². The van der Waals surface area contributed by atoms with Crippen molar-refractivity contribution in [2.45, 2.75) is 10.6 Å². The van der Waals surface area contributed by atoms with Gasteiger partial charge in [-0.25, -0.2) is 0 Å². The first-order valence-corrected chi connectivity index (χ1v) is 5.99. The lowest BCUT2D eigenvalue weighted by molar-refractivity contribution is 1.17. The Hall–Kier alpha value is -0.990. The number of hydrogen-bond acceptors (Lipinski definition) is 2. The van der Waals surface area contributed by atoms with Gasteiger partial charge in [0.05, 0.1) is 5.69 Å². The summed E-state index contributed by atoms with van der Waals surface area (Å²) in [5.41, 5.74) is 1.09. The van der Waals surface area contributed by atoms with E-state index in [1.54, 1.807) is 11.8 Å². The maximum Gasteiger partial charge on any atom is 0.0506 e. The van der Waals surface area contributed by atoms with Crippen molar-refractivity contribution in [3.63, 3.8) is 0 Å². The van der Waals surface area contributed by atoms with Gasteiger partial charge in [-0.3, -0.25) is 4.98 Å². The second kappa shape index (κ2) is 5.19. The maximum absolute atomic E-state index is 5.81. The summed E-state index contributed by atoms with van der Waals surface area (Å²) in [4.78, 5) is 5.48. The lowest BCUT2D eigenvalue weighted by Crippen LogP contribution is -1.83. The molecular weight excluding hydrogens is 226 g/mol. The van der Waals surface area contributed by atoms with Crippen LogP contribution in [0.2, 0.25) is 5.02 Å². The van der Waals surface area contributed by atoms with Gasteiger partial charge >= 0.3 is 0 Å². The molecule has 0 aliphatic rings. The predicted molar refractivity (Wildman–Crippen MR) is 65.3 cm³/mol. The van der Waals surface area contributed by atoms with Gasteiger partial charge in [-0.2, -0.15) is 0 Å². The lowest BCUT2D eigenvalue weighted by Gasteiger charge is -2.00. The minimum absolute atomic E-state index is 0.775. The highest BCUT2D eigenvalue weighted by molar-refractivity contribution is 7.98. The Balaban J connectivity index is 1.96. The third kappa shape index (κ3) is 3.26. The second-order valence-electron chi connectivity index (χ2n) is 3.06. The fourth-order valence-electron chi connectivity index (χ4n) is 1.17. The second-order valence-corrected chi connectivity index (χ2v) is 4.55. The molecule has 2 aromatic rings. The lowest BCUT2D eigenvalue weighted by atomic mass is 10.4. The molecule has 0 bridgehead atoms. The largest absolute Gasteiger partial charge is 0.260 e. The third-order valence-electron chi connectivity index (χ3n) is 1.93. The van der Waals surface area contributed by atoms with Crippen LogP contribution in [0.1, 0.15) is 5.69 Å². The first-order valence-electron chi connectivity index (χ1n) is 4.63. The van der Waals surface area contributed by atoms with Crippen LogP contribution in [-0.2, 0) is 5.75 Å². The Morgan fingerprint density at radius 3 is 2.53 bits per heavy atom. The van der Waals surface area contributed by atoms with E-state index in [1.807, 2.05) is 48.7 Å². The molecule has 0 saturated carbocycles. The molecule has 1 aromatic heterocycles. The van der Waals surface area contributed by atoms with Crippen LogP contribution in [0.15, 0.2) is 53.6 Å². The standard InChI is InChI=1S/C12H10ClNS/c13-10-4-6-12(7-5-10)15-9-11-3-1-2-8-14-11/h1-8H,9H2. The molecular formula is C12H10ClNS. The Labute approximate surface area is 98.5 Å². The van der Waals surface area contributed by atoms with Gasteiger partial charge in [-0.1, -0.05) is 17.7 Å². The molecule has 0 fully saturated rings. The van der Waals surface area contributed by atoms with Crippen molar-refractivity contribution >= 4 is 23.4 Å². The topological polar surface area (TPSA) is 12.9 Å². The number of hydrogen-bond donors (Lipinski definition) is 0. The van der Waals surface area contributed by atoms with Crippen LogP contribution in [0, 0.1) is 0 Å². The van der Waals surface area contributed by atoms with Crippen LogP contribution in [0.4, 0.5) is 0 Å². The van der Waals surface area contributed by atoms with E-state index in [0.29, 0.717) is 0 Å². The van der Waals surface area contributed by atoms with E-state index in [-0.39, 0.29) is 0 Å². The summed E-state index contributed by atoms with van der Waals surface area (Å²) in [6, 6.07) is 13.8. The number of benzene rings is 1. The van der Waals surface area contributed by atoms with Crippen molar-refractivity contribution in [1.82, 2.24) is 4.98 Å². The molecule has 0 aliphatic heterocycles. The highest BCUT2D eigenvalue weighted by Gasteiger charge is 1.96. The molecule has 2 rings (SSSR count). The van der Waals surface area contributed by atoms with Crippen LogP contribution >= 0.6 is 23.4 Å². The van der Waals surface area contributed by atoms with Crippen molar-refractivity contribution in [1.29, 1.82) is 0 Å². The average molecular weight is 236 g/mol. The summed E-state index contributed by atoms with van der Waals surface area (Å²) in [5, 5.41) is 0.775. The summed E-state index contributed by atoms with van der Waals surface area (Å²) >= 11 is 7.57. The minimum Gasteiger partial charge on any atom is -0.260 e. The smallest absolute Gasteiger partial charge is 0.0506 e. The number of pyridine rings is 1. The Morgan fingerprint density at radius 1 is 1.07 bits per heavy atom. The molecule has 0 saturated heterocycles. The molecule has 0 radical (unpaired) electrons. The molecule has 1 aromatic carbocycles. The van der Waals surface area contributed by atoms with Crippen molar-refractivity contribution in [2.24, 2.45) is 0 Å². The van der Waals surface area contributed by atoms with Crippen molar-refractivity contribution < 1.29 is 0 Å². The van der Waals surface area contributed by atoms with Crippen LogP contribution in [-0.4, -0.2) is 4.98 Å².